The van der Waals surface area contributed by atoms with Gasteiger partial charge in [-0.1, -0.05) is 6.07 Å². The van der Waals surface area contributed by atoms with Crippen LogP contribution in [0.25, 0.3) is 11.3 Å². The van der Waals surface area contributed by atoms with E-state index < -0.39 is 0 Å². The summed E-state index contributed by atoms with van der Waals surface area (Å²) in [6.45, 7) is 0. The highest BCUT2D eigenvalue weighted by Gasteiger charge is 2.42. The topological polar surface area (TPSA) is 44.5 Å². The fourth-order valence-electron chi connectivity index (χ4n) is 4.18. The molecule has 0 unspecified atom stereocenters. The van der Waals surface area contributed by atoms with Crippen LogP contribution >= 0.6 is 28.1 Å². The number of aromatic nitrogens is 1. The predicted molar refractivity (Wildman–Crippen MR) is 141 cm³/mol. The molecule has 0 bridgehead atoms. The van der Waals surface area contributed by atoms with E-state index in [1.54, 1.807) is 12.3 Å². The molecule has 4 aromatic rings. The zero-order chi connectivity index (χ0) is 23.8. The van der Waals surface area contributed by atoms with Crippen LogP contribution in [0.5, 0.6) is 0 Å². The largest absolute Gasteiger partial charge is 0.459 e. The van der Waals surface area contributed by atoms with Gasteiger partial charge >= 0.3 is 0 Å². The molecule has 3 heterocycles. The monoisotopic (exact) mass is 536 g/mol. The SMILES string of the molecule is CN(C)c1ccc(N2C(=S)N[C@@H](c3ccccn3)[C@@H]2c2ccc(-c3ccc(F)cc3Br)o2)cc1. The third kappa shape index (κ3) is 4.19. The van der Waals surface area contributed by atoms with Crippen molar-refractivity contribution in [2.75, 3.05) is 23.9 Å². The van der Waals surface area contributed by atoms with E-state index in [0.29, 0.717) is 15.3 Å². The number of anilines is 2. The Hall–Kier alpha value is -3.23. The summed E-state index contributed by atoms with van der Waals surface area (Å²) >= 11 is 9.23. The Balaban J connectivity index is 1.58. The van der Waals surface area contributed by atoms with Crippen LogP contribution in [0.3, 0.4) is 0 Å². The number of halogens is 2. The van der Waals surface area contributed by atoms with Gasteiger partial charge in [-0.2, -0.15) is 0 Å². The molecule has 1 aliphatic rings. The first kappa shape index (κ1) is 22.6. The van der Waals surface area contributed by atoms with Gasteiger partial charge in [0.2, 0.25) is 0 Å². The van der Waals surface area contributed by atoms with Crippen molar-refractivity contribution in [2.24, 2.45) is 0 Å². The van der Waals surface area contributed by atoms with Crippen LogP contribution < -0.4 is 15.1 Å². The van der Waals surface area contributed by atoms with Crippen molar-refractivity contribution in [3.05, 3.63) is 101 Å². The molecule has 5 rings (SSSR count). The zero-order valence-corrected chi connectivity index (χ0v) is 21.0. The lowest BCUT2D eigenvalue weighted by Crippen LogP contribution is -2.29. The van der Waals surface area contributed by atoms with Crippen molar-refractivity contribution in [1.29, 1.82) is 0 Å². The molecule has 0 amide bonds. The second kappa shape index (κ2) is 9.19. The van der Waals surface area contributed by atoms with Crippen LogP contribution in [0.1, 0.15) is 23.5 Å². The molecule has 0 saturated carbocycles. The Labute approximate surface area is 211 Å². The number of benzene rings is 2. The van der Waals surface area contributed by atoms with E-state index in [1.165, 1.54) is 12.1 Å². The van der Waals surface area contributed by atoms with Gasteiger partial charge in [0.15, 0.2) is 5.11 Å². The van der Waals surface area contributed by atoms with Gasteiger partial charge in [0.1, 0.15) is 23.4 Å². The summed E-state index contributed by atoms with van der Waals surface area (Å²) in [5.74, 6) is 1.06. The molecule has 5 nitrogen and oxygen atoms in total. The van der Waals surface area contributed by atoms with Crippen LogP contribution in [-0.2, 0) is 0 Å². The maximum atomic E-state index is 13.6. The van der Waals surface area contributed by atoms with Crippen molar-refractivity contribution in [3.63, 3.8) is 0 Å². The van der Waals surface area contributed by atoms with Crippen LogP contribution in [0, 0.1) is 5.82 Å². The molecule has 34 heavy (non-hydrogen) atoms. The number of rotatable bonds is 5. The second-order valence-corrected chi connectivity index (χ2v) is 9.47. The average Bonchev–Trinajstić information content (AvgIpc) is 3.44. The Bertz CT molecular complexity index is 1330. The van der Waals surface area contributed by atoms with Crippen molar-refractivity contribution in [1.82, 2.24) is 10.3 Å². The summed E-state index contributed by atoms with van der Waals surface area (Å²) in [7, 11) is 4.02. The molecule has 2 atom stereocenters. The van der Waals surface area contributed by atoms with Gasteiger partial charge in [0.05, 0.1) is 11.7 Å². The van der Waals surface area contributed by atoms with Crippen LogP contribution in [-0.4, -0.2) is 24.2 Å². The summed E-state index contributed by atoms with van der Waals surface area (Å²) < 4.78 is 20.6. The summed E-state index contributed by atoms with van der Waals surface area (Å²) in [6, 6.07) is 22.0. The third-order valence-electron chi connectivity index (χ3n) is 5.86. The van der Waals surface area contributed by atoms with Crippen molar-refractivity contribution < 1.29 is 8.81 Å². The summed E-state index contributed by atoms with van der Waals surface area (Å²) in [6.07, 6.45) is 1.77. The summed E-state index contributed by atoms with van der Waals surface area (Å²) in [4.78, 5) is 8.70. The molecule has 172 valence electrons. The normalized spacial score (nSPS) is 17.6. The quantitative estimate of drug-likeness (QED) is 0.294. The fraction of sp³-hybridized carbons (Fsp3) is 0.154. The molecular formula is C26H22BrFN4OS. The third-order valence-corrected chi connectivity index (χ3v) is 6.83. The minimum Gasteiger partial charge on any atom is -0.459 e. The van der Waals surface area contributed by atoms with Crippen LogP contribution in [0.4, 0.5) is 15.8 Å². The molecule has 0 spiro atoms. The maximum absolute atomic E-state index is 13.6. The summed E-state index contributed by atoms with van der Waals surface area (Å²) in [5.41, 5.74) is 3.69. The molecule has 2 aromatic heterocycles. The second-order valence-electron chi connectivity index (χ2n) is 8.23. The van der Waals surface area contributed by atoms with E-state index in [-0.39, 0.29) is 17.9 Å². The van der Waals surface area contributed by atoms with Gasteiger partial charge in [0, 0.05) is 41.7 Å². The lowest BCUT2D eigenvalue weighted by atomic mass is 10.0. The fourth-order valence-corrected chi connectivity index (χ4v) is 5.07. The highest BCUT2D eigenvalue weighted by Crippen LogP contribution is 2.43. The maximum Gasteiger partial charge on any atom is 0.174 e. The highest BCUT2D eigenvalue weighted by atomic mass is 79.9. The standard InChI is InChI=1S/C26H22BrFN4OS/c1-31(2)17-7-9-18(10-8-17)32-25(24(30-26(32)34)21-5-3-4-14-29-21)23-13-12-22(33-23)19-11-6-16(28)15-20(19)27/h3-15,24-25H,1-2H3,(H,30,34)/t24-,25-/m0/s1. The van der Waals surface area contributed by atoms with Crippen LogP contribution in [0.15, 0.2) is 87.9 Å². The number of nitrogens with one attached hydrogen (secondary N) is 1. The number of furan rings is 1. The van der Waals surface area contributed by atoms with Gasteiger partial charge in [-0.3, -0.25) is 4.98 Å². The van der Waals surface area contributed by atoms with Crippen LogP contribution in [0.2, 0.25) is 0 Å². The van der Waals surface area contributed by atoms with Gasteiger partial charge in [0.25, 0.3) is 0 Å². The molecule has 0 aliphatic carbocycles. The van der Waals surface area contributed by atoms with E-state index in [2.05, 4.69) is 60.3 Å². The molecule has 8 heteroatoms. The first-order valence-electron chi connectivity index (χ1n) is 10.8. The lowest BCUT2D eigenvalue weighted by Gasteiger charge is -2.26. The molecule has 1 saturated heterocycles. The number of pyridine rings is 1. The Morgan fingerprint density at radius 1 is 1.06 bits per heavy atom. The van der Waals surface area contributed by atoms with E-state index in [4.69, 9.17) is 16.6 Å². The summed E-state index contributed by atoms with van der Waals surface area (Å²) in [5, 5.41) is 4.03. The number of thiocarbonyl (C=S) groups is 1. The lowest BCUT2D eigenvalue weighted by molar-refractivity contribution is 0.439. The molecule has 1 N–H and O–H groups in total. The van der Waals surface area contributed by atoms with Gasteiger partial charge < -0.3 is 19.5 Å². The number of hydrogen-bond donors (Lipinski definition) is 1. The van der Waals surface area contributed by atoms with Crippen molar-refractivity contribution >= 4 is 44.6 Å². The molecule has 1 aliphatic heterocycles. The van der Waals surface area contributed by atoms with Crippen molar-refractivity contribution in [2.45, 2.75) is 12.1 Å². The van der Waals surface area contributed by atoms with E-state index in [9.17, 15) is 4.39 Å². The molecular weight excluding hydrogens is 515 g/mol. The highest BCUT2D eigenvalue weighted by molar-refractivity contribution is 9.10. The molecule has 0 radical (unpaired) electrons. The predicted octanol–water partition coefficient (Wildman–Crippen LogP) is 6.49. The zero-order valence-electron chi connectivity index (χ0n) is 18.6. The number of hydrogen-bond acceptors (Lipinski definition) is 4. The molecule has 2 aromatic carbocycles. The van der Waals surface area contributed by atoms with Gasteiger partial charge in [-0.25, -0.2) is 4.39 Å². The molecule has 1 fully saturated rings. The first-order valence-corrected chi connectivity index (χ1v) is 12.0. The van der Waals surface area contributed by atoms with E-state index >= 15 is 0 Å². The Morgan fingerprint density at radius 3 is 2.53 bits per heavy atom. The minimum absolute atomic E-state index is 0.210. The van der Waals surface area contributed by atoms with E-state index in [0.717, 1.165) is 28.4 Å². The minimum atomic E-state index is -0.310. The van der Waals surface area contributed by atoms with Gasteiger partial charge in [-0.15, -0.1) is 0 Å². The van der Waals surface area contributed by atoms with E-state index in [1.807, 2.05) is 44.4 Å². The smallest absolute Gasteiger partial charge is 0.174 e. The van der Waals surface area contributed by atoms with Crippen molar-refractivity contribution in [3.8, 4) is 11.3 Å². The Morgan fingerprint density at radius 2 is 1.85 bits per heavy atom. The average molecular weight is 537 g/mol. The Kier molecular flexibility index (Phi) is 6.10. The first-order chi connectivity index (χ1) is 16.4. The van der Waals surface area contributed by atoms with Gasteiger partial charge in [-0.05, 0) is 94.9 Å². The number of nitrogens with zero attached hydrogens (tertiary/aromatic N) is 3.